The molecule has 2 heterocycles. The van der Waals surface area contributed by atoms with Crippen LogP contribution in [-0.2, 0) is 6.67 Å². The van der Waals surface area contributed by atoms with Gasteiger partial charge in [0.2, 0.25) is 0 Å². The molecule has 4 aromatic rings. The van der Waals surface area contributed by atoms with Crippen molar-refractivity contribution >= 4 is 34.2 Å². The number of rotatable bonds is 3. The number of aromatic amines is 1. The Bertz CT molecular complexity index is 1120. The van der Waals surface area contributed by atoms with Gasteiger partial charge in [-0.25, -0.2) is 4.98 Å². The van der Waals surface area contributed by atoms with Crippen molar-refractivity contribution < 1.29 is 0 Å². The third-order valence-electron chi connectivity index (χ3n) is 3.73. The molecule has 6 nitrogen and oxygen atoms in total. The standard InChI is InChI=1S/C16H13N5OS/c22-15-11-5-1-2-6-12(11)19-16(23)21(15)18-10-20-9-17-13-7-3-4-8-14(13)20/h1-9,18H,10H2,(H,19,23). The maximum Gasteiger partial charge on any atom is 0.280 e. The van der Waals surface area contributed by atoms with E-state index >= 15 is 0 Å². The van der Waals surface area contributed by atoms with Gasteiger partial charge in [0.15, 0.2) is 4.77 Å². The van der Waals surface area contributed by atoms with Gasteiger partial charge < -0.3 is 15.0 Å². The van der Waals surface area contributed by atoms with Crippen molar-refractivity contribution in [3.63, 3.8) is 0 Å². The molecule has 0 aliphatic carbocycles. The highest BCUT2D eigenvalue weighted by atomic mass is 32.1. The molecule has 2 aromatic carbocycles. The van der Waals surface area contributed by atoms with Crippen LogP contribution in [0.1, 0.15) is 0 Å². The van der Waals surface area contributed by atoms with Crippen LogP contribution in [0.4, 0.5) is 0 Å². The fourth-order valence-electron chi connectivity index (χ4n) is 2.59. The first-order valence-electron chi connectivity index (χ1n) is 7.12. The highest BCUT2D eigenvalue weighted by Crippen LogP contribution is 2.11. The van der Waals surface area contributed by atoms with Crippen molar-refractivity contribution in [2.45, 2.75) is 6.67 Å². The van der Waals surface area contributed by atoms with E-state index in [0.717, 1.165) is 16.6 Å². The lowest BCUT2D eigenvalue weighted by atomic mass is 10.2. The van der Waals surface area contributed by atoms with Crippen molar-refractivity contribution in [2.75, 3.05) is 5.43 Å². The molecule has 0 aliphatic heterocycles. The Kier molecular flexibility index (Phi) is 3.20. The topological polar surface area (TPSA) is 67.6 Å². The van der Waals surface area contributed by atoms with Crippen molar-refractivity contribution in [2.24, 2.45) is 0 Å². The maximum atomic E-state index is 12.6. The number of para-hydroxylation sites is 3. The largest absolute Gasteiger partial charge is 0.330 e. The number of hydrogen-bond acceptors (Lipinski definition) is 4. The van der Waals surface area contributed by atoms with Gasteiger partial charge in [0.05, 0.1) is 28.3 Å². The first kappa shape index (κ1) is 13.7. The second-order valence-electron chi connectivity index (χ2n) is 5.14. The van der Waals surface area contributed by atoms with Crippen LogP contribution in [0.25, 0.3) is 21.9 Å². The lowest BCUT2D eigenvalue weighted by Crippen LogP contribution is -2.31. The SMILES string of the molecule is O=c1c2ccccc2[nH]c(=S)n1NCn1cnc2ccccc21. The van der Waals surface area contributed by atoms with Crippen LogP contribution in [0.2, 0.25) is 0 Å². The third kappa shape index (κ3) is 2.31. The summed E-state index contributed by atoms with van der Waals surface area (Å²) in [6.07, 6.45) is 1.73. The predicted molar refractivity (Wildman–Crippen MR) is 92.5 cm³/mol. The molecule has 23 heavy (non-hydrogen) atoms. The van der Waals surface area contributed by atoms with Crippen molar-refractivity contribution in [1.29, 1.82) is 0 Å². The molecular weight excluding hydrogens is 310 g/mol. The number of hydrogen-bond donors (Lipinski definition) is 2. The van der Waals surface area contributed by atoms with Gasteiger partial charge in [0.1, 0.15) is 6.67 Å². The average molecular weight is 323 g/mol. The molecule has 0 aliphatic rings. The Morgan fingerprint density at radius 3 is 2.83 bits per heavy atom. The number of aromatic nitrogens is 4. The second kappa shape index (κ2) is 5.36. The summed E-state index contributed by atoms with van der Waals surface area (Å²) in [6, 6.07) is 15.1. The lowest BCUT2D eigenvalue weighted by molar-refractivity contribution is 0.671. The second-order valence-corrected chi connectivity index (χ2v) is 5.52. The fourth-order valence-corrected chi connectivity index (χ4v) is 2.85. The summed E-state index contributed by atoms with van der Waals surface area (Å²) in [5, 5.41) is 0.587. The molecule has 0 radical (unpaired) electrons. The number of nitrogens with zero attached hydrogens (tertiary/aromatic N) is 3. The molecule has 0 atom stereocenters. The van der Waals surface area contributed by atoms with E-state index < -0.39 is 0 Å². The van der Waals surface area contributed by atoms with Crippen molar-refractivity contribution in [1.82, 2.24) is 19.2 Å². The van der Waals surface area contributed by atoms with Crippen LogP contribution < -0.4 is 11.0 Å². The van der Waals surface area contributed by atoms with E-state index in [0.29, 0.717) is 16.8 Å². The molecule has 2 N–H and O–H groups in total. The van der Waals surface area contributed by atoms with Gasteiger partial charge in [-0.2, -0.15) is 4.68 Å². The van der Waals surface area contributed by atoms with Crippen LogP contribution in [-0.4, -0.2) is 19.2 Å². The molecular formula is C16H13N5OS. The molecule has 0 amide bonds. The van der Waals surface area contributed by atoms with Gasteiger partial charge in [0, 0.05) is 0 Å². The normalized spacial score (nSPS) is 11.1. The van der Waals surface area contributed by atoms with Gasteiger partial charge in [0.25, 0.3) is 5.56 Å². The zero-order valence-corrected chi connectivity index (χ0v) is 12.9. The van der Waals surface area contributed by atoms with Crippen LogP contribution in [0.3, 0.4) is 0 Å². The fraction of sp³-hybridized carbons (Fsp3) is 0.0625. The van der Waals surface area contributed by atoms with Crippen LogP contribution >= 0.6 is 12.2 Å². The van der Waals surface area contributed by atoms with Crippen molar-refractivity contribution in [3.8, 4) is 0 Å². The van der Waals surface area contributed by atoms with Gasteiger partial charge >= 0.3 is 0 Å². The summed E-state index contributed by atoms with van der Waals surface area (Å²) < 4.78 is 3.61. The highest BCUT2D eigenvalue weighted by molar-refractivity contribution is 7.71. The smallest absolute Gasteiger partial charge is 0.280 e. The molecule has 0 saturated heterocycles. The molecule has 0 fully saturated rings. The van der Waals surface area contributed by atoms with Crippen LogP contribution in [0.5, 0.6) is 0 Å². The minimum atomic E-state index is -0.172. The summed E-state index contributed by atoms with van der Waals surface area (Å²) >= 11 is 5.28. The van der Waals surface area contributed by atoms with E-state index in [1.165, 1.54) is 4.68 Å². The third-order valence-corrected chi connectivity index (χ3v) is 4.02. The Labute approximate surface area is 136 Å². The molecule has 0 bridgehead atoms. The van der Waals surface area contributed by atoms with Gasteiger partial charge in [-0.1, -0.05) is 24.3 Å². The van der Waals surface area contributed by atoms with Crippen molar-refractivity contribution in [3.05, 3.63) is 70.0 Å². The average Bonchev–Trinajstić information content (AvgIpc) is 2.98. The molecule has 0 saturated carbocycles. The first-order valence-corrected chi connectivity index (χ1v) is 7.53. The molecule has 0 spiro atoms. The Morgan fingerprint density at radius 2 is 1.91 bits per heavy atom. The number of imidazole rings is 1. The Balaban J connectivity index is 1.73. The quantitative estimate of drug-likeness (QED) is 0.569. The molecule has 114 valence electrons. The van der Waals surface area contributed by atoms with Gasteiger partial charge in [-0.15, -0.1) is 0 Å². The van der Waals surface area contributed by atoms with E-state index in [4.69, 9.17) is 12.2 Å². The maximum absolute atomic E-state index is 12.6. The zero-order chi connectivity index (χ0) is 15.8. The van der Waals surface area contributed by atoms with Gasteiger partial charge in [-0.3, -0.25) is 4.79 Å². The number of benzene rings is 2. The summed E-state index contributed by atoms with van der Waals surface area (Å²) in [7, 11) is 0. The monoisotopic (exact) mass is 323 g/mol. The Morgan fingerprint density at radius 1 is 1.13 bits per heavy atom. The first-order chi connectivity index (χ1) is 11.2. The predicted octanol–water partition coefficient (Wildman–Crippen LogP) is 2.61. The van der Waals surface area contributed by atoms with Crippen LogP contribution in [0.15, 0.2) is 59.7 Å². The van der Waals surface area contributed by atoms with E-state index in [-0.39, 0.29) is 5.56 Å². The minimum Gasteiger partial charge on any atom is -0.330 e. The lowest BCUT2D eigenvalue weighted by Gasteiger charge is -2.11. The van der Waals surface area contributed by atoms with Gasteiger partial charge in [-0.05, 0) is 36.5 Å². The molecule has 4 rings (SSSR count). The Hall–Kier alpha value is -2.93. The minimum absolute atomic E-state index is 0.172. The van der Waals surface area contributed by atoms with E-state index in [1.807, 2.05) is 47.0 Å². The summed E-state index contributed by atoms with van der Waals surface area (Å²) in [4.78, 5) is 19.9. The molecule has 0 unspecified atom stereocenters. The zero-order valence-electron chi connectivity index (χ0n) is 12.1. The number of fused-ring (bicyclic) bond motifs is 2. The molecule has 2 aromatic heterocycles. The number of H-pyrrole nitrogens is 1. The van der Waals surface area contributed by atoms with E-state index in [1.54, 1.807) is 12.4 Å². The summed E-state index contributed by atoms with van der Waals surface area (Å²) in [6.45, 7) is 0.385. The van der Waals surface area contributed by atoms with Crippen LogP contribution in [0, 0.1) is 4.77 Å². The summed E-state index contributed by atoms with van der Waals surface area (Å²) in [5.74, 6) is 0. The van der Waals surface area contributed by atoms with E-state index in [9.17, 15) is 4.79 Å². The highest BCUT2D eigenvalue weighted by Gasteiger charge is 2.06. The van der Waals surface area contributed by atoms with E-state index in [2.05, 4.69) is 15.4 Å². The summed E-state index contributed by atoms with van der Waals surface area (Å²) in [5.41, 5.74) is 5.51. The number of nitrogens with one attached hydrogen (secondary N) is 2. The molecule has 7 heteroatoms.